The molecule has 1 heterocycles. The largest absolute Gasteiger partial charge is 0.389 e. The number of hydrogen-bond acceptors (Lipinski definition) is 4. The minimum atomic E-state index is -3.63. The van der Waals surface area contributed by atoms with Gasteiger partial charge in [0.05, 0.1) is 11.0 Å². The molecule has 0 spiro atoms. The number of aliphatic hydroxyl groups excluding tert-OH is 1. The van der Waals surface area contributed by atoms with E-state index in [2.05, 4.69) is 0 Å². The summed E-state index contributed by atoms with van der Waals surface area (Å²) in [5, 5.41) is 9.99. The van der Waals surface area contributed by atoms with Gasteiger partial charge in [0, 0.05) is 13.2 Å². The quantitative estimate of drug-likeness (QED) is 0.915. The fourth-order valence-electron chi connectivity index (χ4n) is 2.39. The van der Waals surface area contributed by atoms with Crippen molar-refractivity contribution in [2.45, 2.75) is 43.9 Å². The smallest absolute Gasteiger partial charge is 0.245 e. The first-order chi connectivity index (χ1) is 9.46. The van der Waals surface area contributed by atoms with E-state index >= 15 is 0 Å². The zero-order valence-electron chi connectivity index (χ0n) is 11.8. The van der Waals surface area contributed by atoms with Crippen LogP contribution in [0.5, 0.6) is 0 Å². The molecule has 6 heteroatoms. The molecule has 1 aromatic rings. The predicted molar refractivity (Wildman–Crippen MR) is 75.7 cm³/mol. The van der Waals surface area contributed by atoms with E-state index in [1.807, 2.05) is 6.92 Å². The highest BCUT2D eigenvalue weighted by Crippen LogP contribution is 2.26. The maximum absolute atomic E-state index is 12.7. The molecule has 1 aliphatic rings. The highest BCUT2D eigenvalue weighted by atomic mass is 32.2. The Morgan fingerprint density at radius 3 is 2.60 bits per heavy atom. The predicted octanol–water partition coefficient (Wildman–Crippen LogP) is 1.50. The maximum Gasteiger partial charge on any atom is 0.245 e. The third kappa shape index (κ3) is 3.03. The Morgan fingerprint density at radius 2 is 2.00 bits per heavy atom. The minimum absolute atomic E-state index is 0.238. The van der Waals surface area contributed by atoms with E-state index in [0.717, 1.165) is 5.56 Å². The molecule has 0 aromatic heterocycles. The van der Waals surface area contributed by atoms with Crippen molar-refractivity contribution >= 4 is 10.0 Å². The zero-order valence-corrected chi connectivity index (χ0v) is 12.6. The Hall–Kier alpha value is -0.950. The lowest BCUT2D eigenvalue weighted by Crippen LogP contribution is -2.52. The van der Waals surface area contributed by atoms with E-state index in [9.17, 15) is 13.5 Å². The molecular formula is C14H21NO4S. The summed E-state index contributed by atoms with van der Waals surface area (Å²) in [6.07, 6.45) is -0.371. The molecule has 2 rings (SSSR count). The van der Waals surface area contributed by atoms with E-state index in [0.29, 0.717) is 26.0 Å². The van der Waals surface area contributed by atoms with Crippen molar-refractivity contribution in [1.29, 1.82) is 0 Å². The van der Waals surface area contributed by atoms with Gasteiger partial charge >= 0.3 is 0 Å². The van der Waals surface area contributed by atoms with Gasteiger partial charge < -0.3 is 9.84 Å². The molecule has 20 heavy (non-hydrogen) atoms. The lowest BCUT2D eigenvalue weighted by atomic mass is 10.1. The number of ether oxygens (including phenoxy) is 1. The van der Waals surface area contributed by atoms with Crippen LogP contribution >= 0.6 is 0 Å². The molecule has 0 aliphatic carbocycles. The molecule has 2 atom stereocenters. The molecular weight excluding hydrogens is 278 g/mol. The number of rotatable bonds is 4. The van der Waals surface area contributed by atoms with Crippen molar-refractivity contribution in [3.8, 4) is 0 Å². The zero-order chi connectivity index (χ0) is 14.8. The molecule has 112 valence electrons. The molecule has 0 radical (unpaired) electrons. The Kier molecular flexibility index (Phi) is 4.80. The second kappa shape index (κ2) is 6.22. The van der Waals surface area contributed by atoms with Crippen LogP contribution < -0.4 is 0 Å². The van der Waals surface area contributed by atoms with Gasteiger partial charge in [-0.05, 0) is 38.8 Å². The highest BCUT2D eigenvalue weighted by Gasteiger charge is 2.38. The van der Waals surface area contributed by atoms with Crippen LogP contribution in [0.2, 0.25) is 0 Å². The fraction of sp³-hybridized carbons (Fsp3) is 0.571. The number of sulfonamides is 1. The summed E-state index contributed by atoms with van der Waals surface area (Å²) in [4.78, 5) is 0.238. The van der Waals surface area contributed by atoms with Gasteiger partial charge in [-0.2, -0.15) is 4.31 Å². The fourth-order valence-corrected chi connectivity index (χ4v) is 3.98. The van der Waals surface area contributed by atoms with E-state index in [1.165, 1.54) is 4.31 Å². The van der Waals surface area contributed by atoms with E-state index in [4.69, 9.17) is 4.74 Å². The average molecular weight is 299 g/mol. The van der Waals surface area contributed by atoms with Crippen molar-refractivity contribution in [3.05, 3.63) is 29.8 Å². The van der Waals surface area contributed by atoms with Crippen LogP contribution in [-0.4, -0.2) is 43.3 Å². The second-order valence-electron chi connectivity index (χ2n) is 4.98. The molecule has 1 saturated heterocycles. The normalized spacial score (nSPS) is 24.8. The molecule has 1 aromatic carbocycles. The SMILES string of the molecule is CCOC1C(O)CCCN1S(=O)(=O)c1ccc(C)cc1. The Morgan fingerprint density at radius 1 is 1.35 bits per heavy atom. The van der Waals surface area contributed by atoms with Gasteiger partial charge in [-0.15, -0.1) is 0 Å². The minimum Gasteiger partial charge on any atom is -0.389 e. The van der Waals surface area contributed by atoms with Gasteiger partial charge in [0.15, 0.2) is 0 Å². The number of aliphatic hydroxyl groups is 1. The van der Waals surface area contributed by atoms with Crippen LogP contribution in [0.25, 0.3) is 0 Å². The molecule has 2 unspecified atom stereocenters. The average Bonchev–Trinajstić information content (AvgIpc) is 2.41. The number of aryl methyl sites for hydroxylation is 1. The van der Waals surface area contributed by atoms with Crippen LogP contribution in [0.3, 0.4) is 0 Å². The first-order valence-corrected chi connectivity index (χ1v) is 8.29. The molecule has 1 fully saturated rings. The molecule has 5 nitrogen and oxygen atoms in total. The Balaban J connectivity index is 2.33. The van der Waals surface area contributed by atoms with Crippen LogP contribution in [0.4, 0.5) is 0 Å². The van der Waals surface area contributed by atoms with Crippen molar-refractivity contribution < 1.29 is 18.3 Å². The van der Waals surface area contributed by atoms with Crippen LogP contribution in [0.15, 0.2) is 29.2 Å². The van der Waals surface area contributed by atoms with E-state index in [1.54, 1.807) is 31.2 Å². The summed E-state index contributed by atoms with van der Waals surface area (Å²) in [6, 6.07) is 6.72. The van der Waals surface area contributed by atoms with Crippen LogP contribution in [-0.2, 0) is 14.8 Å². The molecule has 0 amide bonds. The Bertz CT molecular complexity index is 541. The standard InChI is InChI=1S/C14H21NO4S/c1-3-19-14-13(16)5-4-10-15(14)20(17,18)12-8-6-11(2)7-9-12/h6-9,13-14,16H,3-5,10H2,1-2H3. The molecule has 0 saturated carbocycles. The topological polar surface area (TPSA) is 66.8 Å². The van der Waals surface area contributed by atoms with Gasteiger partial charge in [-0.25, -0.2) is 8.42 Å². The Labute approximate surface area is 120 Å². The van der Waals surface area contributed by atoms with Crippen molar-refractivity contribution in [3.63, 3.8) is 0 Å². The van der Waals surface area contributed by atoms with E-state index < -0.39 is 22.4 Å². The maximum atomic E-state index is 12.7. The molecule has 1 aliphatic heterocycles. The summed E-state index contributed by atoms with van der Waals surface area (Å²) in [5.74, 6) is 0. The van der Waals surface area contributed by atoms with Crippen molar-refractivity contribution in [2.75, 3.05) is 13.2 Å². The first kappa shape index (κ1) is 15.4. The van der Waals surface area contributed by atoms with Crippen molar-refractivity contribution in [1.82, 2.24) is 4.31 Å². The van der Waals surface area contributed by atoms with Gasteiger partial charge in [-0.3, -0.25) is 0 Å². The van der Waals surface area contributed by atoms with Gasteiger partial charge in [0.1, 0.15) is 6.23 Å². The number of nitrogens with zero attached hydrogens (tertiary/aromatic N) is 1. The number of piperidine rings is 1. The summed E-state index contributed by atoms with van der Waals surface area (Å²) < 4.78 is 32.0. The first-order valence-electron chi connectivity index (χ1n) is 6.85. The summed E-state index contributed by atoms with van der Waals surface area (Å²) in [7, 11) is -3.63. The summed E-state index contributed by atoms with van der Waals surface area (Å²) >= 11 is 0. The van der Waals surface area contributed by atoms with E-state index in [-0.39, 0.29) is 4.90 Å². The van der Waals surface area contributed by atoms with Crippen LogP contribution in [0, 0.1) is 6.92 Å². The highest BCUT2D eigenvalue weighted by molar-refractivity contribution is 7.89. The monoisotopic (exact) mass is 299 g/mol. The molecule has 0 bridgehead atoms. The second-order valence-corrected chi connectivity index (χ2v) is 6.87. The molecule has 1 N–H and O–H groups in total. The summed E-state index contributed by atoms with van der Waals surface area (Å²) in [6.45, 7) is 4.43. The third-order valence-corrected chi connectivity index (χ3v) is 5.33. The van der Waals surface area contributed by atoms with Crippen LogP contribution in [0.1, 0.15) is 25.3 Å². The lowest BCUT2D eigenvalue weighted by Gasteiger charge is -2.37. The van der Waals surface area contributed by atoms with Crippen molar-refractivity contribution in [2.24, 2.45) is 0 Å². The summed E-state index contributed by atoms with van der Waals surface area (Å²) in [5.41, 5.74) is 1.00. The van der Waals surface area contributed by atoms with Gasteiger partial charge in [-0.1, -0.05) is 17.7 Å². The van der Waals surface area contributed by atoms with Gasteiger partial charge in [0.2, 0.25) is 10.0 Å². The lowest BCUT2D eigenvalue weighted by molar-refractivity contribution is -0.109. The third-order valence-electron chi connectivity index (χ3n) is 3.46. The number of hydrogen-bond donors (Lipinski definition) is 1. The van der Waals surface area contributed by atoms with Gasteiger partial charge in [0.25, 0.3) is 0 Å². The number of benzene rings is 1.